The Balaban J connectivity index is 1.60. The molecule has 1 atom stereocenters. The first-order valence-electron chi connectivity index (χ1n) is 9.69. The Bertz CT molecular complexity index is 1280. The standard InChI is InChI=1S/C22H18F2N4O3S/c1-11-6-7-13(23)8-16(11)25-20(30)14-9-17(29)26-19-18(14)21(31)28-22(27-19)32-10-12-4-2-3-5-15(12)24/h2-8,14H,9-10H2,1H3,(H,25,30)(H2,26,27,28,29,31)/t14-/m0/s1. The smallest absolute Gasteiger partial charge is 0.257 e. The van der Waals surface area contributed by atoms with E-state index in [-0.39, 0.29) is 40.2 Å². The third-order valence-electron chi connectivity index (χ3n) is 5.03. The number of carbonyl (C=O) groups excluding carboxylic acids is 2. The fraction of sp³-hybridized carbons (Fsp3) is 0.182. The number of fused-ring (bicyclic) bond motifs is 1. The van der Waals surface area contributed by atoms with Gasteiger partial charge in [-0.15, -0.1) is 0 Å². The molecule has 32 heavy (non-hydrogen) atoms. The van der Waals surface area contributed by atoms with Crippen LogP contribution in [0.3, 0.4) is 0 Å². The highest BCUT2D eigenvalue weighted by atomic mass is 32.2. The van der Waals surface area contributed by atoms with E-state index in [4.69, 9.17) is 0 Å². The number of benzene rings is 2. The number of halogens is 2. The number of aromatic nitrogens is 2. The number of hydrogen-bond acceptors (Lipinski definition) is 5. The van der Waals surface area contributed by atoms with Crippen molar-refractivity contribution in [2.75, 3.05) is 10.6 Å². The van der Waals surface area contributed by atoms with E-state index < -0.39 is 29.1 Å². The first-order valence-corrected chi connectivity index (χ1v) is 10.7. The van der Waals surface area contributed by atoms with Crippen molar-refractivity contribution in [3.05, 3.63) is 81.1 Å². The number of nitrogens with zero attached hydrogens (tertiary/aromatic N) is 1. The Kier molecular flexibility index (Phi) is 6.04. The number of aromatic amines is 1. The van der Waals surface area contributed by atoms with Gasteiger partial charge in [0, 0.05) is 17.9 Å². The summed E-state index contributed by atoms with van der Waals surface area (Å²) in [6.07, 6.45) is -0.250. The molecule has 3 N–H and O–H groups in total. The van der Waals surface area contributed by atoms with Crippen LogP contribution in [0.1, 0.15) is 29.0 Å². The Morgan fingerprint density at radius 2 is 2.00 bits per heavy atom. The Morgan fingerprint density at radius 3 is 2.78 bits per heavy atom. The summed E-state index contributed by atoms with van der Waals surface area (Å²) in [5.74, 6) is -2.89. The highest BCUT2D eigenvalue weighted by molar-refractivity contribution is 7.98. The molecule has 1 aliphatic rings. The van der Waals surface area contributed by atoms with Crippen molar-refractivity contribution in [2.45, 2.75) is 30.2 Å². The highest BCUT2D eigenvalue weighted by Crippen LogP contribution is 2.31. The van der Waals surface area contributed by atoms with Gasteiger partial charge in [-0.25, -0.2) is 13.8 Å². The molecule has 164 valence electrons. The predicted molar refractivity (Wildman–Crippen MR) is 117 cm³/mol. The van der Waals surface area contributed by atoms with E-state index in [1.54, 1.807) is 25.1 Å². The molecule has 0 spiro atoms. The van der Waals surface area contributed by atoms with Crippen molar-refractivity contribution < 1.29 is 18.4 Å². The monoisotopic (exact) mass is 456 g/mol. The topological polar surface area (TPSA) is 104 Å². The Hall–Kier alpha value is -3.53. The van der Waals surface area contributed by atoms with Crippen LogP contribution in [0.2, 0.25) is 0 Å². The molecule has 0 unspecified atom stereocenters. The highest BCUT2D eigenvalue weighted by Gasteiger charge is 2.35. The molecule has 2 aromatic carbocycles. The average molecular weight is 456 g/mol. The third-order valence-corrected chi connectivity index (χ3v) is 5.95. The van der Waals surface area contributed by atoms with Gasteiger partial charge in [-0.2, -0.15) is 0 Å². The number of carbonyl (C=O) groups is 2. The van der Waals surface area contributed by atoms with E-state index in [2.05, 4.69) is 20.6 Å². The van der Waals surface area contributed by atoms with Crippen LogP contribution in [0, 0.1) is 18.6 Å². The van der Waals surface area contributed by atoms with Crippen LogP contribution in [-0.4, -0.2) is 21.8 Å². The third kappa shape index (κ3) is 4.54. The number of aryl methyl sites for hydroxylation is 1. The molecule has 2 heterocycles. The molecule has 2 amide bonds. The van der Waals surface area contributed by atoms with Gasteiger partial charge in [-0.05, 0) is 36.2 Å². The maximum absolute atomic E-state index is 13.8. The van der Waals surface area contributed by atoms with Gasteiger partial charge in [0.05, 0.1) is 11.5 Å². The van der Waals surface area contributed by atoms with Gasteiger partial charge < -0.3 is 15.6 Å². The Labute approximate surface area is 185 Å². The molecule has 3 aromatic rings. The average Bonchev–Trinajstić information content (AvgIpc) is 2.75. The lowest BCUT2D eigenvalue weighted by atomic mass is 9.92. The summed E-state index contributed by atoms with van der Waals surface area (Å²) in [7, 11) is 0. The first-order chi connectivity index (χ1) is 15.3. The number of amides is 2. The van der Waals surface area contributed by atoms with Crippen LogP contribution >= 0.6 is 11.8 Å². The first kappa shape index (κ1) is 21.7. The lowest BCUT2D eigenvalue weighted by Gasteiger charge is -2.23. The zero-order valence-corrected chi connectivity index (χ0v) is 17.7. The SMILES string of the molecule is Cc1ccc(F)cc1NC(=O)[C@H]1CC(=O)Nc2nc(SCc3ccccc3F)[nH]c(=O)c21. The van der Waals surface area contributed by atoms with Crippen LogP contribution in [0.15, 0.2) is 52.4 Å². The van der Waals surface area contributed by atoms with E-state index >= 15 is 0 Å². The van der Waals surface area contributed by atoms with Crippen LogP contribution in [0.25, 0.3) is 0 Å². The molecular weight excluding hydrogens is 438 g/mol. The van der Waals surface area contributed by atoms with E-state index in [1.165, 1.54) is 24.3 Å². The second-order valence-electron chi connectivity index (χ2n) is 7.27. The summed E-state index contributed by atoms with van der Waals surface area (Å²) in [6.45, 7) is 1.70. The number of thioether (sulfide) groups is 1. The molecule has 0 aliphatic carbocycles. The van der Waals surface area contributed by atoms with Gasteiger partial charge in [0.1, 0.15) is 17.5 Å². The number of hydrogen-bond donors (Lipinski definition) is 3. The lowest BCUT2D eigenvalue weighted by Crippen LogP contribution is -2.36. The van der Waals surface area contributed by atoms with Gasteiger partial charge in [-0.1, -0.05) is 36.0 Å². The number of rotatable bonds is 5. The fourth-order valence-electron chi connectivity index (χ4n) is 3.35. The zero-order chi connectivity index (χ0) is 22.8. The molecule has 0 saturated carbocycles. The molecule has 0 bridgehead atoms. The molecule has 4 rings (SSSR count). The van der Waals surface area contributed by atoms with Crippen molar-refractivity contribution >= 4 is 35.1 Å². The van der Waals surface area contributed by atoms with Crippen molar-refractivity contribution in [1.82, 2.24) is 9.97 Å². The molecule has 0 fully saturated rings. The minimum absolute atomic E-state index is 0.0165. The van der Waals surface area contributed by atoms with Gasteiger partial charge >= 0.3 is 0 Å². The summed E-state index contributed by atoms with van der Waals surface area (Å²) in [5.41, 5.74) is 0.759. The van der Waals surface area contributed by atoms with Crippen molar-refractivity contribution in [3.63, 3.8) is 0 Å². The van der Waals surface area contributed by atoms with Crippen LogP contribution in [-0.2, 0) is 15.3 Å². The predicted octanol–water partition coefficient (Wildman–Crippen LogP) is 3.71. The quantitative estimate of drug-likeness (QED) is 0.401. The largest absolute Gasteiger partial charge is 0.325 e. The molecule has 10 heteroatoms. The summed E-state index contributed by atoms with van der Waals surface area (Å²) in [6, 6.07) is 10.2. The van der Waals surface area contributed by atoms with E-state index in [9.17, 15) is 23.2 Å². The van der Waals surface area contributed by atoms with E-state index in [1.807, 2.05) is 0 Å². The molecule has 0 saturated heterocycles. The second kappa shape index (κ2) is 8.91. The normalized spacial score (nSPS) is 15.1. The van der Waals surface area contributed by atoms with Crippen LogP contribution in [0.5, 0.6) is 0 Å². The second-order valence-corrected chi connectivity index (χ2v) is 8.23. The molecular formula is C22H18F2N4O3S. The fourth-order valence-corrected chi connectivity index (χ4v) is 4.20. The maximum Gasteiger partial charge on any atom is 0.257 e. The maximum atomic E-state index is 13.8. The lowest BCUT2D eigenvalue weighted by molar-refractivity contribution is -0.123. The molecule has 1 aliphatic heterocycles. The van der Waals surface area contributed by atoms with Crippen molar-refractivity contribution in [2.24, 2.45) is 0 Å². The Morgan fingerprint density at radius 1 is 1.22 bits per heavy atom. The number of H-pyrrole nitrogens is 1. The van der Waals surface area contributed by atoms with Crippen molar-refractivity contribution in [3.8, 4) is 0 Å². The van der Waals surface area contributed by atoms with Gasteiger partial charge in [-0.3, -0.25) is 14.4 Å². The zero-order valence-electron chi connectivity index (χ0n) is 16.9. The van der Waals surface area contributed by atoms with Crippen LogP contribution in [0.4, 0.5) is 20.3 Å². The summed E-state index contributed by atoms with van der Waals surface area (Å²) < 4.78 is 27.4. The minimum atomic E-state index is -1.09. The summed E-state index contributed by atoms with van der Waals surface area (Å²) in [4.78, 5) is 44.7. The number of anilines is 2. The number of nitrogens with one attached hydrogen (secondary N) is 3. The minimum Gasteiger partial charge on any atom is -0.325 e. The molecule has 0 radical (unpaired) electrons. The van der Waals surface area contributed by atoms with Gasteiger partial charge in [0.25, 0.3) is 5.56 Å². The van der Waals surface area contributed by atoms with E-state index in [0.29, 0.717) is 11.1 Å². The molecule has 1 aromatic heterocycles. The summed E-state index contributed by atoms with van der Waals surface area (Å²) >= 11 is 1.09. The van der Waals surface area contributed by atoms with Crippen molar-refractivity contribution in [1.29, 1.82) is 0 Å². The van der Waals surface area contributed by atoms with E-state index in [0.717, 1.165) is 11.8 Å². The van der Waals surface area contributed by atoms with Crippen LogP contribution < -0.4 is 16.2 Å². The summed E-state index contributed by atoms with van der Waals surface area (Å²) in [5, 5.41) is 5.29. The van der Waals surface area contributed by atoms with Gasteiger partial charge in [0.2, 0.25) is 11.8 Å². The molecule has 7 nitrogen and oxygen atoms in total. The van der Waals surface area contributed by atoms with Gasteiger partial charge in [0.15, 0.2) is 5.16 Å².